The van der Waals surface area contributed by atoms with Gasteiger partial charge in [0.1, 0.15) is 5.82 Å². The average molecular weight is 301 g/mol. The molecule has 0 aliphatic heterocycles. The van der Waals surface area contributed by atoms with Gasteiger partial charge in [-0.05, 0) is 38.0 Å². The number of nitrogens with one attached hydrogen (secondary N) is 1. The molecule has 0 heterocycles. The smallest absolute Gasteiger partial charge is 0.164 e. The minimum atomic E-state index is -0.988. The van der Waals surface area contributed by atoms with Crippen LogP contribution in [0.4, 0.5) is 10.1 Å². The summed E-state index contributed by atoms with van der Waals surface area (Å²) < 4.78 is 13.7. The number of anilines is 1. The lowest BCUT2D eigenvalue weighted by Crippen LogP contribution is -2.25. The molecule has 4 heteroatoms. The van der Waals surface area contributed by atoms with Crippen LogP contribution in [0.1, 0.15) is 36.2 Å². The Labute approximate surface area is 129 Å². The molecule has 2 aromatic rings. The van der Waals surface area contributed by atoms with Crippen molar-refractivity contribution in [2.24, 2.45) is 0 Å². The lowest BCUT2D eigenvalue weighted by atomic mass is 9.92. The van der Waals surface area contributed by atoms with Crippen molar-refractivity contribution in [3.63, 3.8) is 0 Å². The van der Waals surface area contributed by atoms with Crippen molar-refractivity contribution < 1.29 is 14.3 Å². The van der Waals surface area contributed by atoms with Crippen LogP contribution in [-0.4, -0.2) is 17.4 Å². The van der Waals surface area contributed by atoms with E-state index in [1.807, 2.05) is 30.3 Å². The molecule has 2 aromatic carbocycles. The highest BCUT2D eigenvalue weighted by molar-refractivity contribution is 5.99. The zero-order valence-corrected chi connectivity index (χ0v) is 12.8. The molecule has 0 bridgehead atoms. The van der Waals surface area contributed by atoms with Crippen molar-refractivity contribution in [3.05, 3.63) is 65.5 Å². The van der Waals surface area contributed by atoms with Crippen molar-refractivity contribution in [2.45, 2.75) is 25.9 Å². The van der Waals surface area contributed by atoms with Crippen LogP contribution in [0.25, 0.3) is 0 Å². The lowest BCUT2D eigenvalue weighted by Gasteiger charge is -2.24. The molecule has 3 nitrogen and oxygen atoms in total. The number of hydrogen-bond acceptors (Lipinski definition) is 3. The molecule has 0 aliphatic carbocycles. The van der Waals surface area contributed by atoms with Gasteiger partial charge in [0.25, 0.3) is 0 Å². The highest BCUT2D eigenvalue weighted by atomic mass is 19.1. The zero-order chi connectivity index (χ0) is 16.2. The standard InChI is InChI=1S/C18H20FNO2/c1-13(21)17-15(19)9-6-10-16(17)20-12-11-18(2,22)14-7-4-3-5-8-14/h3-10,20,22H,11-12H2,1-2H3. The first-order chi connectivity index (χ1) is 10.4. The maximum Gasteiger partial charge on any atom is 0.164 e. The Morgan fingerprint density at radius 2 is 1.86 bits per heavy atom. The highest BCUT2D eigenvalue weighted by Crippen LogP contribution is 2.25. The van der Waals surface area contributed by atoms with E-state index in [2.05, 4.69) is 5.32 Å². The van der Waals surface area contributed by atoms with E-state index >= 15 is 0 Å². The largest absolute Gasteiger partial charge is 0.385 e. The first-order valence-corrected chi connectivity index (χ1v) is 7.23. The van der Waals surface area contributed by atoms with Crippen LogP contribution < -0.4 is 5.32 Å². The van der Waals surface area contributed by atoms with Crippen molar-refractivity contribution in [1.29, 1.82) is 0 Å². The SMILES string of the molecule is CC(=O)c1c(F)cccc1NCCC(C)(O)c1ccccc1. The van der Waals surface area contributed by atoms with E-state index in [0.717, 1.165) is 5.56 Å². The van der Waals surface area contributed by atoms with Crippen LogP contribution in [0.15, 0.2) is 48.5 Å². The summed E-state index contributed by atoms with van der Waals surface area (Å²) >= 11 is 0. The van der Waals surface area contributed by atoms with Crippen LogP contribution in [-0.2, 0) is 5.60 Å². The fraction of sp³-hybridized carbons (Fsp3) is 0.278. The number of hydrogen-bond donors (Lipinski definition) is 2. The molecule has 1 atom stereocenters. The maximum absolute atomic E-state index is 13.7. The Morgan fingerprint density at radius 1 is 1.18 bits per heavy atom. The zero-order valence-electron chi connectivity index (χ0n) is 12.8. The molecule has 116 valence electrons. The van der Waals surface area contributed by atoms with Gasteiger partial charge in [-0.1, -0.05) is 36.4 Å². The molecule has 0 radical (unpaired) electrons. The van der Waals surface area contributed by atoms with Gasteiger partial charge in [-0.2, -0.15) is 0 Å². The minimum absolute atomic E-state index is 0.0573. The van der Waals surface area contributed by atoms with Gasteiger partial charge in [0.05, 0.1) is 11.2 Å². The Bertz CT molecular complexity index is 653. The van der Waals surface area contributed by atoms with Gasteiger partial charge in [-0.25, -0.2) is 4.39 Å². The molecule has 0 fully saturated rings. The number of aliphatic hydroxyl groups is 1. The molecule has 0 spiro atoms. The summed E-state index contributed by atoms with van der Waals surface area (Å²) in [5.41, 5.74) is 0.346. The van der Waals surface area contributed by atoms with Crippen LogP contribution in [0, 0.1) is 5.82 Å². The summed E-state index contributed by atoms with van der Waals surface area (Å²) in [6.45, 7) is 3.50. The second kappa shape index (κ2) is 6.71. The summed E-state index contributed by atoms with van der Waals surface area (Å²) in [5, 5.41) is 13.6. The molecule has 2 rings (SSSR count). The van der Waals surface area contributed by atoms with Gasteiger partial charge in [-0.3, -0.25) is 4.79 Å². The molecule has 0 saturated carbocycles. The van der Waals surface area contributed by atoms with Crippen LogP contribution >= 0.6 is 0 Å². The van der Waals surface area contributed by atoms with Crippen molar-refractivity contribution in [1.82, 2.24) is 0 Å². The molecular weight excluding hydrogens is 281 g/mol. The van der Waals surface area contributed by atoms with Crippen LogP contribution in [0.3, 0.4) is 0 Å². The molecule has 0 amide bonds. The number of Topliss-reactive ketones (excluding diaryl/α,β-unsaturated/α-hetero) is 1. The van der Waals surface area contributed by atoms with Crippen LogP contribution in [0.2, 0.25) is 0 Å². The summed E-state index contributed by atoms with van der Waals surface area (Å²) in [6, 6.07) is 13.9. The topological polar surface area (TPSA) is 49.3 Å². The average Bonchev–Trinajstić information content (AvgIpc) is 2.47. The van der Waals surface area contributed by atoms with Crippen LogP contribution in [0.5, 0.6) is 0 Å². The fourth-order valence-electron chi connectivity index (χ4n) is 2.41. The molecule has 22 heavy (non-hydrogen) atoms. The summed E-state index contributed by atoms with van der Waals surface area (Å²) in [4.78, 5) is 11.5. The molecule has 0 aromatic heterocycles. The van der Waals surface area contributed by atoms with Crippen molar-refractivity contribution in [3.8, 4) is 0 Å². The Morgan fingerprint density at radius 3 is 2.50 bits per heavy atom. The number of benzene rings is 2. The maximum atomic E-state index is 13.7. The Hall–Kier alpha value is -2.20. The summed E-state index contributed by atoms with van der Waals surface area (Å²) in [7, 11) is 0. The number of halogens is 1. The van der Waals surface area contributed by atoms with Gasteiger partial charge in [-0.15, -0.1) is 0 Å². The molecule has 2 N–H and O–H groups in total. The fourth-order valence-corrected chi connectivity index (χ4v) is 2.41. The van der Waals surface area contributed by atoms with Gasteiger partial charge < -0.3 is 10.4 Å². The summed E-state index contributed by atoms with van der Waals surface area (Å²) in [6.07, 6.45) is 0.435. The molecular formula is C18H20FNO2. The number of carbonyl (C=O) groups is 1. The first-order valence-electron chi connectivity index (χ1n) is 7.23. The predicted molar refractivity (Wildman–Crippen MR) is 85.5 cm³/mol. The van der Waals surface area contributed by atoms with E-state index in [1.165, 1.54) is 13.0 Å². The van der Waals surface area contributed by atoms with Gasteiger partial charge in [0, 0.05) is 12.2 Å². The monoisotopic (exact) mass is 301 g/mol. The molecule has 0 saturated heterocycles. The Kier molecular flexibility index (Phi) is 4.93. The third-order valence-electron chi connectivity index (χ3n) is 3.69. The first kappa shape index (κ1) is 16.2. The lowest BCUT2D eigenvalue weighted by molar-refractivity contribution is 0.0515. The minimum Gasteiger partial charge on any atom is -0.385 e. The highest BCUT2D eigenvalue weighted by Gasteiger charge is 2.22. The number of rotatable bonds is 6. The predicted octanol–water partition coefficient (Wildman–Crippen LogP) is 3.74. The van der Waals surface area contributed by atoms with Gasteiger partial charge >= 0.3 is 0 Å². The van der Waals surface area contributed by atoms with Gasteiger partial charge in [0.2, 0.25) is 0 Å². The van der Waals surface area contributed by atoms with Gasteiger partial charge in [0.15, 0.2) is 5.78 Å². The third kappa shape index (κ3) is 3.71. The quantitative estimate of drug-likeness (QED) is 0.799. The second-order valence-electron chi connectivity index (χ2n) is 5.54. The van der Waals surface area contributed by atoms with E-state index < -0.39 is 11.4 Å². The van der Waals surface area contributed by atoms with Crippen molar-refractivity contribution in [2.75, 3.05) is 11.9 Å². The normalized spacial score (nSPS) is 13.5. The van der Waals surface area contributed by atoms with E-state index in [0.29, 0.717) is 18.7 Å². The molecule has 1 unspecified atom stereocenters. The number of ketones is 1. The summed E-state index contributed by atoms with van der Waals surface area (Å²) in [5.74, 6) is -0.859. The van der Waals surface area contributed by atoms with E-state index in [9.17, 15) is 14.3 Å². The van der Waals surface area contributed by atoms with E-state index in [-0.39, 0.29) is 11.3 Å². The molecule has 0 aliphatic rings. The second-order valence-corrected chi connectivity index (χ2v) is 5.54. The number of carbonyl (C=O) groups excluding carboxylic acids is 1. The van der Waals surface area contributed by atoms with Crippen molar-refractivity contribution >= 4 is 11.5 Å². The Balaban J connectivity index is 2.06. The van der Waals surface area contributed by atoms with E-state index in [4.69, 9.17) is 0 Å². The third-order valence-corrected chi connectivity index (χ3v) is 3.69. The van der Waals surface area contributed by atoms with E-state index in [1.54, 1.807) is 19.1 Å².